The van der Waals surface area contributed by atoms with E-state index < -0.39 is 6.09 Å². The molecule has 0 heterocycles. The fraction of sp³-hybridized carbons (Fsp3) is 0.611. The molecular formula is C18H32N2O4. The van der Waals surface area contributed by atoms with E-state index in [-0.39, 0.29) is 12.6 Å². The highest BCUT2D eigenvalue weighted by atomic mass is 16.5. The Hall–Kier alpha value is -1.79. The Labute approximate surface area is 145 Å². The quantitative estimate of drug-likeness (QED) is 0.408. The van der Waals surface area contributed by atoms with E-state index in [1.54, 1.807) is 12.1 Å². The number of anilines is 1. The molecule has 0 aromatic heterocycles. The van der Waals surface area contributed by atoms with Crippen molar-refractivity contribution in [1.82, 2.24) is 5.32 Å². The summed E-state index contributed by atoms with van der Waals surface area (Å²) in [6, 6.07) is 6.99. The molecule has 1 aromatic rings. The molecule has 0 aliphatic heterocycles. The van der Waals surface area contributed by atoms with Crippen LogP contribution >= 0.6 is 0 Å². The summed E-state index contributed by atoms with van der Waals surface area (Å²) in [6.45, 7) is 4.70. The number of unbranched alkanes of at least 4 members (excludes halogenated alkanes) is 2. The van der Waals surface area contributed by atoms with Crippen LogP contribution in [-0.2, 0) is 11.2 Å². The third-order valence-corrected chi connectivity index (χ3v) is 3.25. The predicted octanol–water partition coefficient (Wildman–Crippen LogP) is 2.48. The van der Waals surface area contributed by atoms with Crippen LogP contribution in [0.3, 0.4) is 0 Å². The molecule has 0 bridgehead atoms. The lowest BCUT2D eigenvalue weighted by molar-refractivity contribution is 0.134. The van der Waals surface area contributed by atoms with Crippen molar-refractivity contribution in [3.05, 3.63) is 29.8 Å². The van der Waals surface area contributed by atoms with Crippen molar-refractivity contribution in [2.24, 2.45) is 0 Å². The Morgan fingerprint density at radius 2 is 1.79 bits per heavy atom. The number of rotatable bonds is 9. The SMILES string of the molecule is CCCCO.CCCCOC(=O)N[C@H](CO)Cc1ccc(N)cc1. The second-order valence-electron chi connectivity index (χ2n) is 5.54. The van der Waals surface area contributed by atoms with Crippen molar-refractivity contribution in [3.63, 3.8) is 0 Å². The van der Waals surface area contributed by atoms with Gasteiger partial charge in [0.15, 0.2) is 0 Å². The Balaban J connectivity index is 0.000000922. The van der Waals surface area contributed by atoms with Crippen molar-refractivity contribution in [2.45, 2.75) is 52.0 Å². The fourth-order valence-electron chi connectivity index (χ4n) is 1.78. The van der Waals surface area contributed by atoms with E-state index in [2.05, 4.69) is 12.2 Å². The molecular weight excluding hydrogens is 308 g/mol. The number of hydrogen-bond acceptors (Lipinski definition) is 5. The molecule has 1 amide bonds. The minimum atomic E-state index is -0.483. The molecule has 1 atom stereocenters. The number of nitrogens with one attached hydrogen (secondary N) is 1. The molecule has 5 N–H and O–H groups in total. The molecule has 6 nitrogen and oxygen atoms in total. The zero-order valence-electron chi connectivity index (χ0n) is 14.8. The number of aliphatic hydroxyl groups is 2. The highest BCUT2D eigenvalue weighted by Gasteiger charge is 2.12. The number of alkyl carbamates (subject to hydrolysis) is 1. The van der Waals surface area contributed by atoms with E-state index in [9.17, 15) is 9.90 Å². The lowest BCUT2D eigenvalue weighted by Crippen LogP contribution is -2.39. The maximum atomic E-state index is 11.5. The minimum absolute atomic E-state index is 0.132. The fourth-order valence-corrected chi connectivity index (χ4v) is 1.78. The second kappa shape index (κ2) is 14.8. The summed E-state index contributed by atoms with van der Waals surface area (Å²) >= 11 is 0. The molecule has 0 radical (unpaired) electrons. The van der Waals surface area contributed by atoms with Crippen molar-refractivity contribution < 1.29 is 19.7 Å². The van der Waals surface area contributed by atoms with Gasteiger partial charge in [-0.25, -0.2) is 4.79 Å². The first-order valence-electron chi connectivity index (χ1n) is 8.56. The van der Waals surface area contributed by atoms with Gasteiger partial charge >= 0.3 is 6.09 Å². The molecule has 0 spiro atoms. The van der Waals surface area contributed by atoms with Crippen molar-refractivity contribution in [1.29, 1.82) is 0 Å². The minimum Gasteiger partial charge on any atom is -0.450 e. The zero-order valence-corrected chi connectivity index (χ0v) is 14.8. The zero-order chi connectivity index (χ0) is 18.2. The summed E-state index contributed by atoms with van der Waals surface area (Å²) in [5.41, 5.74) is 7.29. The third-order valence-electron chi connectivity index (χ3n) is 3.25. The van der Waals surface area contributed by atoms with Gasteiger partial charge in [-0.05, 0) is 37.0 Å². The predicted molar refractivity (Wildman–Crippen MR) is 96.8 cm³/mol. The number of carbonyl (C=O) groups excluding carboxylic acids is 1. The van der Waals surface area contributed by atoms with Gasteiger partial charge in [0.05, 0.1) is 19.3 Å². The molecule has 0 aliphatic carbocycles. The van der Waals surface area contributed by atoms with Crippen molar-refractivity contribution in [2.75, 3.05) is 25.6 Å². The molecule has 0 fully saturated rings. The monoisotopic (exact) mass is 340 g/mol. The van der Waals surface area contributed by atoms with Crippen LogP contribution in [0.1, 0.15) is 45.1 Å². The van der Waals surface area contributed by atoms with E-state index in [1.165, 1.54) is 0 Å². The van der Waals surface area contributed by atoms with E-state index >= 15 is 0 Å². The lowest BCUT2D eigenvalue weighted by Gasteiger charge is -2.16. The number of ether oxygens (including phenoxy) is 1. The molecule has 138 valence electrons. The number of amides is 1. The van der Waals surface area contributed by atoms with E-state index in [0.717, 1.165) is 31.2 Å². The van der Waals surface area contributed by atoms with Gasteiger partial charge in [-0.2, -0.15) is 0 Å². The molecule has 0 aliphatic rings. The van der Waals surface area contributed by atoms with Gasteiger partial charge in [0.25, 0.3) is 0 Å². The first-order valence-corrected chi connectivity index (χ1v) is 8.56. The molecule has 0 saturated heterocycles. The first-order chi connectivity index (χ1) is 11.6. The van der Waals surface area contributed by atoms with E-state index in [0.29, 0.717) is 25.3 Å². The molecule has 1 aromatic carbocycles. The highest BCUT2D eigenvalue weighted by molar-refractivity contribution is 5.67. The van der Waals surface area contributed by atoms with Gasteiger partial charge in [-0.3, -0.25) is 0 Å². The van der Waals surface area contributed by atoms with Crippen LogP contribution in [0.4, 0.5) is 10.5 Å². The number of carbonyl (C=O) groups is 1. The highest BCUT2D eigenvalue weighted by Crippen LogP contribution is 2.08. The van der Waals surface area contributed by atoms with Gasteiger partial charge in [0.1, 0.15) is 0 Å². The van der Waals surface area contributed by atoms with Crippen LogP contribution in [0.25, 0.3) is 0 Å². The normalized spacial score (nSPS) is 11.2. The molecule has 1 rings (SSSR count). The summed E-state index contributed by atoms with van der Waals surface area (Å²) in [4.78, 5) is 11.5. The maximum Gasteiger partial charge on any atom is 0.407 e. The Morgan fingerprint density at radius 1 is 1.17 bits per heavy atom. The third kappa shape index (κ3) is 11.7. The Kier molecular flexibility index (Phi) is 13.7. The Morgan fingerprint density at radius 3 is 2.25 bits per heavy atom. The number of hydrogen-bond donors (Lipinski definition) is 4. The standard InChI is InChI=1S/C14H22N2O3.C4H10O/c1-2-3-8-19-14(18)16-13(10-17)9-11-4-6-12(15)7-5-11;1-2-3-4-5/h4-7,13,17H,2-3,8-10,15H2,1H3,(H,16,18);5H,2-4H2,1H3/t13-;/m0./s1. The average Bonchev–Trinajstić information content (AvgIpc) is 2.58. The Bertz CT molecular complexity index is 422. The van der Waals surface area contributed by atoms with E-state index in [1.807, 2.05) is 19.1 Å². The van der Waals surface area contributed by atoms with Crippen LogP contribution in [0, 0.1) is 0 Å². The van der Waals surface area contributed by atoms with Gasteiger partial charge in [-0.15, -0.1) is 0 Å². The van der Waals surface area contributed by atoms with Gasteiger partial charge in [0.2, 0.25) is 0 Å². The van der Waals surface area contributed by atoms with Gasteiger partial charge in [0, 0.05) is 12.3 Å². The molecule has 24 heavy (non-hydrogen) atoms. The summed E-state index contributed by atoms with van der Waals surface area (Å²) in [6.07, 6.45) is 3.91. The molecule has 0 unspecified atom stereocenters. The van der Waals surface area contributed by atoms with Gasteiger partial charge in [-0.1, -0.05) is 38.8 Å². The number of aliphatic hydroxyl groups excluding tert-OH is 2. The number of nitrogen functional groups attached to an aromatic ring is 1. The number of benzene rings is 1. The number of nitrogens with two attached hydrogens (primary N) is 1. The van der Waals surface area contributed by atoms with Crippen molar-refractivity contribution >= 4 is 11.8 Å². The van der Waals surface area contributed by atoms with Crippen LogP contribution in [0.15, 0.2) is 24.3 Å². The summed E-state index contributed by atoms with van der Waals surface area (Å²) < 4.78 is 4.99. The summed E-state index contributed by atoms with van der Waals surface area (Å²) in [7, 11) is 0. The maximum absolute atomic E-state index is 11.5. The largest absolute Gasteiger partial charge is 0.450 e. The first kappa shape index (κ1) is 22.2. The van der Waals surface area contributed by atoms with Crippen LogP contribution in [0.2, 0.25) is 0 Å². The molecule has 0 saturated carbocycles. The average molecular weight is 340 g/mol. The van der Waals surface area contributed by atoms with Crippen molar-refractivity contribution in [3.8, 4) is 0 Å². The van der Waals surface area contributed by atoms with Crippen LogP contribution in [-0.4, -0.2) is 42.2 Å². The summed E-state index contributed by atoms with van der Waals surface area (Å²) in [5, 5.41) is 20.0. The summed E-state index contributed by atoms with van der Waals surface area (Å²) in [5.74, 6) is 0. The van der Waals surface area contributed by atoms with Gasteiger partial charge < -0.3 is 26.0 Å². The second-order valence-corrected chi connectivity index (χ2v) is 5.54. The van der Waals surface area contributed by atoms with Crippen LogP contribution in [0.5, 0.6) is 0 Å². The lowest BCUT2D eigenvalue weighted by atomic mass is 10.1. The topological polar surface area (TPSA) is 105 Å². The molecule has 6 heteroatoms. The van der Waals surface area contributed by atoms with E-state index in [4.69, 9.17) is 15.6 Å². The smallest absolute Gasteiger partial charge is 0.407 e. The van der Waals surface area contributed by atoms with Crippen LogP contribution < -0.4 is 11.1 Å².